The van der Waals surface area contributed by atoms with E-state index in [1.165, 1.54) is 21.9 Å². The van der Waals surface area contributed by atoms with Gasteiger partial charge in [-0.1, -0.05) is 91.8 Å². The first-order chi connectivity index (χ1) is 16.2. The van der Waals surface area contributed by atoms with Crippen molar-refractivity contribution in [2.75, 3.05) is 0 Å². The van der Waals surface area contributed by atoms with Crippen molar-refractivity contribution in [1.29, 1.82) is 0 Å². The van der Waals surface area contributed by atoms with E-state index in [9.17, 15) is 5.11 Å². The van der Waals surface area contributed by atoms with Crippen LogP contribution in [0.25, 0.3) is 0 Å². The predicted molar refractivity (Wildman–Crippen MR) is 167 cm³/mol. The van der Waals surface area contributed by atoms with Gasteiger partial charge in [-0.15, -0.1) is 0 Å². The van der Waals surface area contributed by atoms with Crippen LogP contribution < -0.4 is 5.19 Å². The van der Waals surface area contributed by atoms with E-state index in [1.807, 2.05) is 0 Å². The second kappa shape index (κ2) is 12.3. The molecule has 0 bridgehead atoms. The van der Waals surface area contributed by atoms with Crippen LogP contribution in [0.3, 0.4) is 0 Å². The van der Waals surface area contributed by atoms with Crippen molar-refractivity contribution in [2.45, 2.75) is 113 Å². The molecule has 1 saturated carbocycles. The molecule has 5 unspecified atom stereocenters. The molecule has 210 valence electrons. The molecular formula is C32H53Cl2OSiTi-. The minimum atomic E-state index is -2.05. The van der Waals surface area contributed by atoms with Crippen molar-refractivity contribution in [3.63, 3.8) is 0 Å². The van der Waals surface area contributed by atoms with Crippen molar-refractivity contribution < 1.29 is 22.1 Å². The van der Waals surface area contributed by atoms with Crippen LogP contribution in [0.2, 0.25) is 18.6 Å². The Morgan fingerprint density at radius 2 is 1.22 bits per heavy atom. The Bertz CT molecular complexity index is 1040. The van der Waals surface area contributed by atoms with Gasteiger partial charge in [-0.25, -0.2) is 0 Å². The summed E-state index contributed by atoms with van der Waals surface area (Å²) >= 11 is -0.556. The van der Waals surface area contributed by atoms with Gasteiger partial charge in [0.25, 0.3) is 0 Å². The van der Waals surface area contributed by atoms with Gasteiger partial charge >= 0.3 is 35.6 Å². The van der Waals surface area contributed by atoms with E-state index in [0.29, 0.717) is 35.0 Å². The zero-order valence-electron chi connectivity index (χ0n) is 26.2. The van der Waals surface area contributed by atoms with Crippen LogP contribution in [0, 0.1) is 31.1 Å². The third kappa shape index (κ3) is 6.51. The first-order valence-electron chi connectivity index (χ1n) is 13.4. The summed E-state index contributed by atoms with van der Waals surface area (Å²) in [6.45, 7) is 33.1. The minimum absolute atomic E-state index is 0. The molecule has 37 heavy (non-hydrogen) atoms. The maximum atomic E-state index is 11.8. The molecule has 1 aromatic rings. The molecule has 1 fully saturated rings. The van der Waals surface area contributed by atoms with Crippen LogP contribution in [-0.2, 0) is 27.9 Å². The molecule has 1 nitrogen and oxygen atoms in total. The van der Waals surface area contributed by atoms with Crippen LogP contribution in [-0.4, -0.2) is 13.2 Å². The van der Waals surface area contributed by atoms with Crippen molar-refractivity contribution in [1.82, 2.24) is 0 Å². The van der Waals surface area contributed by atoms with Gasteiger partial charge in [0.05, 0.1) is 8.07 Å². The van der Waals surface area contributed by atoms with Crippen molar-refractivity contribution in [3.8, 4) is 5.75 Å². The molecule has 1 aromatic carbocycles. The SMILES string of the molecule is CC1=C(C)C2C(C)C(C)C([Si](C)(C)c3cc(C(C)(C)C)cc(C(C)(C)C)c3O)C2C(C)=C1C.[CH3-].[Cl][Ti][Cl]. The average Bonchev–Trinajstić information content (AvgIpc) is 3.01. The zero-order valence-corrected chi connectivity index (χ0v) is 30.3. The number of allylic oxidation sites excluding steroid dienone is 4. The normalized spacial score (nSPS) is 26.3. The van der Waals surface area contributed by atoms with Crippen LogP contribution in [0.15, 0.2) is 34.4 Å². The topological polar surface area (TPSA) is 20.2 Å². The summed E-state index contributed by atoms with van der Waals surface area (Å²) < 4.78 is 0. The molecule has 3 rings (SSSR count). The quantitative estimate of drug-likeness (QED) is 0.265. The van der Waals surface area contributed by atoms with Gasteiger partial charge in [0, 0.05) is 0 Å². The van der Waals surface area contributed by atoms with E-state index in [4.69, 9.17) is 18.6 Å². The van der Waals surface area contributed by atoms with Gasteiger partial charge in [0.2, 0.25) is 0 Å². The predicted octanol–water partition coefficient (Wildman–Crippen LogP) is 10.3. The summed E-state index contributed by atoms with van der Waals surface area (Å²) in [5.74, 6) is 3.11. The Hall–Kier alpha value is 0.0112. The van der Waals surface area contributed by atoms with E-state index in [2.05, 4.69) is 108 Å². The van der Waals surface area contributed by atoms with E-state index >= 15 is 0 Å². The first-order valence-corrected chi connectivity index (χ1v) is 20.8. The Morgan fingerprint density at radius 1 is 0.784 bits per heavy atom. The number of fused-ring (bicyclic) bond motifs is 1. The Labute approximate surface area is 247 Å². The monoisotopic (exact) mass is 599 g/mol. The standard InChI is InChI=1S/C31H50OSi.CH3.2ClH.Ti/c1-17-18(2)20(4)27-26(19(17)3)21(5)22(6)29(27)33(13,14)25-16-23(30(7,8)9)15-24(28(25)32)31(10,11)12;;;;/h15-16,21-22,26-27,29,32H,1-14H3;1H3;2*1H;/q;-1;;;+2/p-2. The zero-order chi connectivity index (χ0) is 28.1. The number of phenols is 1. The number of aromatic hydroxyl groups is 1. The molecule has 0 heterocycles. The first kappa shape index (κ1) is 35.0. The summed E-state index contributed by atoms with van der Waals surface area (Å²) in [5.41, 5.74) is 9.28. The molecule has 0 saturated heterocycles. The third-order valence-corrected chi connectivity index (χ3v) is 14.1. The third-order valence-electron chi connectivity index (χ3n) is 9.79. The van der Waals surface area contributed by atoms with Crippen molar-refractivity contribution in [3.05, 3.63) is 53.0 Å². The summed E-state index contributed by atoms with van der Waals surface area (Å²) in [6.07, 6.45) is 0. The molecule has 1 N–H and O–H groups in total. The number of benzene rings is 1. The Balaban J connectivity index is 0.00000163. The Kier molecular flexibility index (Phi) is 11.6. The molecule has 0 spiro atoms. The van der Waals surface area contributed by atoms with Gasteiger partial charge in [-0.05, 0) is 95.2 Å². The summed E-state index contributed by atoms with van der Waals surface area (Å²) in [5, 5.41) is 13.1. The molecule has 0 radical (unpaired) electrons. The van der Waals surface area contributed by atoms with Crippen LogP contribution in [0.1, 0.15) is 94.2 Å². The number of halogens is 2. The van der Waals surface area contributed by atoms with Crippen LogP contribution in [0.4, 0.5) is 0 Å². The average molecular weight is 601 g/mol. The molecule has 0 aromatic heterocycles. The number of hydrogen-bond acceptors (Lipinski definition) is 1. The van der Waals surface area contributed by atoms with Crippen molar-refractivity contribution in [2.24, 2.45) is 23.7 Å². The summed E-state index contributed by atoms with van der Waals surface area (Å²) in [6, 6.07) is 4.67. The summed E-state index contributed by atoms with van der Waals surface area (Å²) in [4.78, 5) is 0. The van der Waals surface area contributed by atoms with Crippen LogP contribution >= 0.6 is 18.6 Å². The maximum absolute atomic E-state index is 11.8. The molecule has 2 aliphatic carbocycles. The second-order valence-electron chi connectivity index (χ2n) is 14.1. The van der Waals surface area contributed by atoms with E-state index in [1.54, 1.807) is 11.1 Å². The van der Waals surface area contributed by atoms with Crippen molar-refractivity contribution >= 4 is 31.9 Å². The molecule has 0 amide bonds. The fourth-order valence-corrected chi connectivity index (χ4v) is 11.8. The molecule has 0 aliphatic heterocycles. The number of hydrogen-bond donors (Lipinski definition) is 1. The van der Waals surface area contributed by atoms with Crippen LogP contribution in [0.5, 0.6) is 5.75 Å². The number of rotatable bonds is 2. The van der Waals surface area contributed by atoms with Gasteiger partial charge in [-0.3, -0.25) is 0 Å². The van der Waals surface area contributed by atoms with E-state index in [-0.39, 0.29) is 18.3 Å². The fraction of sp³-hybridized carbons (Fsp3) is 0.656. The number of phenolic OH excluding ortho intramolecular Hbond substituents is 1. The Morgan fingerprint density at radius 3 is 1.62 bits per heavy atom. The molecular weight excluding hydrogens is 547 g/mol. The van der Waals surface area contributed by atoms with E-state index < -0.39 is 25.1 Å². The molecule has 2 aliphatic rings. The van der Waals surface area contributed by atoms with Gasteiger partial charge in [-0.2, -0.15) is 0 Å². The second-order valence-corrected chi connectivity index (χ2v) is 21.4. The summed E-state index contributed by atoms with van der Waals surface area (Å²) in [7, 11) is 7.72. The van der Waals surface area contributed by atoms with Gasteiger partial charge in [0.1, 0.15) is 5.75 Å². The molecule has 5 heteroatoms. The van der Waals surface area contributed by atoms with Gasteiger partial charge < -0.3 is 12.5 Å². The molecule has 5 atom stereocenters. The van der Waals surface area contributed by atoms with E-state index in [0.717, 1.165) is 5.56 Å². The van der Waals surface area contributed by atoms with Gasteiger partial charge in [0.15, 0.2) is 0 Å². The fourth-order valence-electron chi connectivity index (χ4n) is 7.24.